The SMILES string of the molecule is CC(C)c1ccc(C=CC(=O)Nc2ccc(N3CCN(C(=O)c4ccco4)CC3)cc2)cc1. The van der Waals surface area contributed by atoms with Crippen molar-refractivity contribution in [1.29, 1.82) is 0 Å². The molecule has 0 atom stereocenters. The first-order chi connectivity index (χ1) is 16.0. The number of carbonyl (C=O) groups is 2. The van der Waals surface area contributed by atoms with E-state index in [1.165, 1.54) is 11.8 Å². The predicted molar refractivity (Wildman–Crippen MR) is 131 cm³/mol. The zero-order valence-corrected chi connectivity index (χ0v) is 19.0. The quantitative estimate of drug-likeness (QED) is 0.544. The van der Waals surface area contributed by atoms with Crippen molar-refractivity contribution in [3.05, 3.63) is 89.9 Å². The fourth-order valence-corrected chi connectivity index (χ4v) is 3.83. The molecule has 170 valence electrons. The predicted octanol–water partition coefficient (Wildman–Crippen LogP) is 5.02. The van der Waals surface area contributed by atoms with E-state index < -0.39 is 0 Å². The minimum Gasteiger partial charge on any atom is -0.459 e. The number of carbonyl (C=O) groups excluding carboxylic acids is 2. The third kappa shape index (κ3) is 5.71. The van der Waals surface area contributed by atoms with Crippen LogP contribution in [-0.2, 0) is 4.79 Å². The van der Waals surface area contributed by atoms with Crippen molar-refractivity contribution in [2.45, 2.75) is 19.8 Å². The van der Waals surface area contributed by atoms with E-state index in [1.807, 2.05) is 47.4 Å². The number of furan rings is 1. The lowest BCUT2D eigenvalue weighted by atomic mass is 10.0. The second-order valence-electron chi connectivity index (χ2n) is 8.45. The molecule has 1 N–H and O–H groups in total. The lowest BCUT2D eigenvalue weighted by Gasteiger charge is -2.35. The molecule has 6 nitrogen and oxygen atoms in total. The number of nitrogens with zero attached hydrogens (tertiary/aromatic N) is 2. The van der Waals surface area contributed by atoms with Crippen LogP contribution in [0.2, 0.25) is 0 Å². The van der Waals surface area contributed by atoms with Crippen LogP contribution < -0.4 is 10.2 Å². The summed E-state index contributed by atoms with van der Waals surface area (Å²) in [6, 6.07) is 19.4. The summed E-state index contributed by atoms with van der Waals surface area (Å²) >= 11 is 0. The Morgan fingerprint density at radius 1 is 0.939 bits per heavy atom. The van der Waals surface area contributed by atoms with E-state index in [0.717, 1.165) is 30.0 Å². The maximum atomic E-state index is 12.4. The van der Waals surface area contributed by atoms with Gasteiger partial charge in [0.1, 0.15) is 0 Å². The van der Waals surface area contributed by atoms with Crippen LogP contribution in [0.25, 0.3) is 6.08 Å². The maximum absolute atomic E-state index is 12.4. The van der Waals surface area contributed by atoms with Crippen molar-refractivity contribution >= 4 is 29.3 Å². The molecule has 0 saturated carbocycles. The highest BCUT2D eigenvalue weighted by Crippen LogP contribution is 2.21. The molecule has 33 heavy (non-hydrogen) atoms. The second-order valence-corrected chi connectivity index (χ2v) is 8.45. The van der Waals surface area contributed by atoms with Gasteiger partial charge in [-0.3, -0.25) is 9.59 Å². The first-order valence-corrected chi connectivity index (χ1v) is 11.3. The molecule has 0 unspecified atom stereocenters. The molecule has 0 spiro atoms. The summed E-state index contributed by atoms with van der Waals surface area (Å²) in [5, 5.41) is 2.90. The van der Waals surface area contributed by atoms with Crippen LogP contribution in [0.3, 0.4) is 0 Å². The molecular weight excluding hydrogens is 414 g/mol. The fraction of sp³-hybridized carbons (Fsp3) is 0.259. The van der Waals surface area contributed by atoms with Crippen molar-refractivity contribution < 1.29 is 14.0 Å². The normalized spacial score (nSPS) is 14.2. The van der Waals surface area contributed by atoms with Crippen LogP contribution in [0, 0.1) is 0 Å². The smallest absolute Gasteiger partial charge is 0.289 e. The van der Waals surface area contributed by atoms with Crippen LogP contribution in [0.5, 0.6) is 0 Å². The summed E-state index contributed by atoms with van der Waals surface area (Å²) in [4.78, 5) is 28.7. The minimum absolute atomic E-state index is 0.0679. The van der Waals surface area contributed by atoms with Gasteiger partial charge in [-0.25, -0.2) is 0 Å². The standard InChI is InChI=1S/C27H29N3O3/c1-20(2)22-8-5-21(6-9-22)7-14-26(31)28-23-10-12-24(13-11-23)29-15-17-30(18-16-29)27(32)25-4-3-19-33-25/h3-14,19-20H,15-18H2,1-2H3,(H,28,31). The molecule has 0 bridgehead atoms. The third-order valence-electron chi connectivity index (χ3n) is 5.83. The Balaban J connectivity index is 1.27. The lowest BCUT2D eigenvalue weighted by molar-refractivity contribution is -0.111. The van der Waals surface area contributed by atoms with Gasteiger partial charge in [0.05, 0.1) is 6.26 Å². The Kier molecular flexibility index (Phi) is 6.93. The zero-order chi connectivity index (χ0) is 23.2. The lowest BCUT2D eigenvalue weighted by Crippen LogP contribution is -2.48. The van der Waals surface area contributed by atoms with Crippen molar-refractivity contribution in [2.75, 3.05) is 36.4 Å². The van der Waals surface area contributed by atoms with E-state index >= 15 is 0 Å². The van der Waals surface area contributed by atoms with E-state index in [2.05, 4.69) is 36.2 Å². The Labute approximate surface area is 194 Å². The molecule has 1 fully saturated rings. The van der Waals surface area contributed by atoms with E-state index in [1.54, 1.807) is 18.2 Å². The largest absolute Gasteiger partial charge is 0.459 e. The Bertz CT molecular complexity index is 1090. The van der Waals surface area contributed by atoms with Gasteiger partial charge < -0.3 is 19.5 Å². The molecule has 1 saturated heterocycles. The zero-order valence-electron chi connectivity index (χ0n) is 19.0. The molecule has 0 aliphatic carbocycles. The summed E-state index contributed by atoms with van der Waals surface area (Å²) in [6.45, 7) is 7.09. The Hall–Kier alpha value is -3.80. The van der Waals surface area contributed by atoms with Crippen LogP contribution in [-0.4, -0.2) is 42.9 Å². The van der Waals surface area contributed by atoms with E-state index in [9.17, 15) is 9.59 Å². The Morgan fingerprint density at radius 3 is 2.24 bits per heavy atom. The van der Waals surface area contributed by atoms with Crippen LogP contribution in [0.1, 0.15) is 41.4 Å². The van der Waals surface area contributed by atoms with Gasteiger partial charge >= 0.3 is 0 Å². The summed E-state index contributed by atoms with van der Waals surface area (Å²) in [5.41, 5.74) is 4.09. The second kappa shape index (κ2) is 10.2. The van der Waals surface area contributed by atoms with Gasteiger partial charge in [-0.05, 0) is 59.5 Å². The van der Waals surface area contributed by atoms with E-state index in [-0.39, 0.29) is 11.8 Å². The molecular formula is C27H29N3O3. The van der Waals surface area contributed by atoms with Crippen molar-refractivity contribution in [2.24, 2.45) is 0 Å². The number of anilines is 2. The van der Waals surface area contributed by atoms with Crippen molar-refractivity contribution in [1.82, 2.24) is 4.90 Å². The highest BCUT2D eigenvalue weighted by Gasteiger charge is 2.23. The molecule has 2 amide bonds. The third-order valence-corrected chi connectivity index (χ3v) is 5.83. The number of amides is 2. The molecule has 1 aromatic heterocycles. The Morgan fingerprint density at radius 2 is 1.64 bits per heavy atom. The summed E-state index contributed by atoms with van der Waals surface area (Å²) in [7, 11) is 0. The van der Waals surface area contributed by atoms with E-state index in [0.29, 0.717) is 24.8 Å². The van der Waals surface area contributed by atoms with Gasteiger partial charge in [0.25, 0.3) is 5.91 Å². The molecule has 2 heterocycles. The van der Waals surface area contributed by atoms with Gasteiger partial charge in [-0.1, -0.05) is 38.1 Å². The average molecular weight is 444 g/mol. The minimum atomic E-state index is -0.166. The number of piperazine rings is 1. The molecule has 3 aromatic rings. The highest BCUT2D eigenvalue weighted by molar-refractivity contribution is 6.02. The molecule has 1 aliphatic rings. The summed E-state index contributed by atoms with van der Waals surface area (Å²) in [5.74, 6) is 0.634. The topological polar surface area (TPSA) is 65.8 Å². The van der Waals surface area contributed by atoms with Gasteiger partial charge in [0.2, 0.25) is 5.91 Å². The number of hydrogen-bond acceptors (Lipinski definition) is 4. The van der Waals surface area contributed by atoms with Crippen molar-refractivity contribution in [3.63, 3.8) is 0 Å². The van der Waals surface area contributed by atoms with Gasteiger partial charge in [0, 0.05) is 43.6 Å². The first-order valence-electron chi connectivity index (χ1n) is 11.3. The van der Waals surface area contributed by atoms with Crippen LogP contribution in [0.4, 0.5) is 11.4 Å². The molecule has 1 aliphatic heterocycles. The van der Waals surface area contributed by atoms with Crippen LogP contribution in [0.15, 0.2) is 77.4 Å². The number of benzene rings is 2. The summed E-state index contributed by atoms with van der Waals surface area (Å²) < 4.78 is 5.22. The molecule has 2 aromatic carbocycles. The molecule has 0 radical (unpaired) electrons. The van der Waals surface area contributed by atoms with Crippen molar-refractivity contribution in [3.8, 4) is 0 Å². The maximum Gasteiger partial charge on any atom is 0.289 e. The van der Waals surface area contributed by atoms with Crippen LogP contribution >= 0.6 is 0 Å². The van der Waals surface area contributed by atoms with Gasteiger partial charge in [0.15, 0.2) is 5.76 Å². The van der Waals surface area contributed by atoms with Gasteiger partial charge in [-0.2, -0.15) is 0 Å². The molecule has 4 rings (SSSR count). The highest BCUT2D eigenvalue weighted by atomic mass is 16.3. The molecule has 6 heteroatoms. The number of nitrogens with one attached hydrogen (secondary N) is 1. The van der Waals surface area contributed by atoms with Gasteiger partial charge in [-0.15, -0.1) is 0 Å². The summed E-state index contributed by atoms with van der Waals surface area (Å²) in [6.07, 6.45) is 4.88. The first kappa shape index (κ1) is 22.4. The van der Waals surface area contributed by atoms with E-state index in [4.69, 9.17) is 4.42 Å². The monoisotopic (exact) mass is 443 g/mol. The fourth-order valence-electron chi connectivity index (χ4n) is 3.83. The average Bonchev–Trinajstić information content (AvgIpc) is 3.38. The number of hydrogen-bond donors (Lipinski definition) is 1. The number of rotatable bonds is 6.